The summed E-state index contributed by atoms with van der Waals surface area (Å²) in [6.45, 7) is 0.258. The van der Waals surface area contributed by atoms with Gasteiger partial charge in [-0.1, -0.05) is 42.5 Å². The molecule has 31 heavy (non-hydrogen) atoms. The van der Waals surface area contributed by atoms with Crippen molar-refractivity contribution in [3.8, 4) is 0 Å². The van der Waals surface area contributed by atoms with E-state index in [9.17, 15) is 9.59 Å². The van der Waals surface area contributed by atoms with Gasteiger partial charge in [-0.3, -0.25) is 14.6 Å². The van der Waals surface area contributed by atoms with Crippen LogP contribution in [0.25, 0.3) is 17.0 Å². The van der Waals surface area contributed by atoms with E-state index in [1.165, 1.54) is 0 Å². The Bertz CT molecular complexity index is 1240. The number of amides is 2. The molecule has 0 radical (unpaired) electrons. The molecule has 154 valence electrons. The van der Waals surface area contributed by atoms with Crippen LogP contribution in [0.4, 0.5) is 0 Å². The molecule has 2 amide bonds. The highest BCUT2D eigenvalue weighted by molar-refractivity contribution is 6.06. The highest BCUT2D eigenvalue weighted by atomic mass is 16.2. The molecule has 2 heterocycles. The predicted octanol–water partition coefficient (Wildman–Crippen LogP) is 3.66. The fourth-order valence-electron chi connectivity index (χ4n) is 3.35. The van der Waals surface area contributed by atoms with E-state index in [-0.39, 0.29) is 24.1 Å². The van der Waals surface area contributed by atoms with Crippen LogP contribution in [0.1, 0.15) is 21.6 Å². The summed E-state index contributed by atoms with van der Waals surface area (Å²) >= 11 is 0. The number of fused-ring (bicyclic) bond motifs is 1. The van der Waals surface area contributed by atoms with E-state index in [1.54, 1.807) is 36.5 Å². The number of benzene rings is 2. The molecule has 0 fully saturated rings. The Morgan fingerprint density at radius 3 is 2.48 bits per heavy atom. The number of para-hydroxylation sites is 1. The first-order chi connectivity index (χ1) is 15.1. The van der Waals surface area contributed by atoms with E-state index >= 15 is 0 Å². The van der Waals surface area contributed by atoms with Crippen LogP contribution in [0, 0.1) is 0 Å². The van der Waals surface area contributed by atoms with Crippen LogP contribution < -0.4 is 10.6 Å². The Morgan fingerprint density at radius 2 is 1.71 bits per heavy atom. The number of carbonyl (C=O) groups excluding carboxylic acids is 2. The molecule has 2 N–H and O–H groups in total. The molecule has 0 saturated carbocycles. The lowest BCUT2D eigenvalue weighted by Crippen LogP contribution is -2.34. The summed E-state index contributed by atoms with van der Waals surface area (Å²) in [6, 6.07) is 22.2. The van der Waals surface area contributed by atoms with Crippen molar-refractivity contribution in [1.82, 2.24) is 20.2 Å². The third-order valence-corrected chi connectivity index (χ3v) is 4.91. The molecule has 0 atom stereocenters. The Morgan fingerprint density at radius 1 is 0.968 bits per heavy atom. The Balaban J connectivity index is 1.65. The minimum Gasteiger partial charge on any atom is -0.350 e. The smallest absolute Gasteiger partial charge is 0.268 e. The number of nitrogens with one attached hydrogen (secondary N) is 2. The van der Waals surface area contributed by atoms with E-state index in [2.05, 4.69) is 15.6 Å². The molecule has 0 bridgehead atoms. The van der Waals surface area contributed by atoms with Crippen LogP contribution in [0.15, 0.2) is 90.9 Å². The molecule has 4 aromatic rings. The number of pyridine rings is 1. The van der Waals surface area contributed by atoms with Gasteiger partial charge in [-0.15, -0.1) is 0 Å². The van der Waals surface area contributed by atoms with E-state index in [0.29, 0.717) is 5.56 Å². The molecule has 0 aliphatic rings. The molecule has 0 unspecified atom stereocenters. The van der Waals surface area contributed by atoms with Crippen molar-refractivity contribution in [3.63, 3.8) is 0 Å². The maximum Gasteiger partial charge on any atom is 0.268 e. The third-order valence-electron chi connectivity index (χ3n) is 4.91. The van der Waals surface area contributed by atoms with Crippen molar-refractivity contribution in [3.05, 3.63) is 108 Å². The number of rotatable bonds is 6. The third kappa shape index (κ3) is 4.70. The van der Waals surface area contributed by atoms with Crippen LogP contribution >= 0.6 is 0 Å². The predicted molar refractivity (Wildman–Crippen MR) is 121 cm³/mol. The lowest BCUT2D eigenvalue weighted by molar-refractivity contribution is -0.117. The second kappa shape index (κ2) is 9.09. The van der Waals surface area contributed by atoms with Crippen molar-refractivity contribution in [2.24, 2.45) is 7.05 Å². The fourth-order valence-corrected chi connectivity index (χ4v) is 3.35. The molecule has 0 aliphatic carbocycles. The molecular weight excluding hydrogens is 388 g/mol. The average Bonchev–Trinajstić information content (AvgIpc) is 3.13. The molecule has 0 saturated heterocycles. The van der Waals surface area contributed by atoms with E-state index in [1.807, 2.05) is 66.3 Å². The Hall–Kier alpha value is -4.19. The van der Waals surface area contributed by atoms with Crippen molar-refractivity contribution in [2.45, 2.75) is 6.54 Å². The zero-order valence-corrected chi connectivity index (χ0v) is 17.1. The van der Waals surface area contributed by atoms with Crippen molar-refractivity contribution in [2.75, 3.05) is 0 Å². The number of aromatic nitrogens is 2. The van der Waals surface area contributed by atoms with Crippen LogP contribution in [0.5, 0.6) is 0 Å². The minimum atomic E-state index is -0.386. The molecule has 6 heteroatoms. The van der Waals surface area contributed by atoms with Gasteiger partial charge in [0, 0.05) is 41.5 Å². The van der Waals surface area contributed by atoms with Gasteiger partial charge in [-0.05, 0) is 36.4 Å². The van der Waals surface area contributed by atoms with Crippen molar-refractivity contribution in [1.29, 1.82) is 0 Å². The second-order valence-corrected chi connectivity index (χ2v) is 7.09. The summed E-state index contributed by atoms with van der Waals surface area (Å²) in [4.78, 5) is 30.0. The first-order valence-corrected chi connectivity index (χ1v) is 9.92. The quantitative estimate of drug-likeness (QED) is 0.476. The van der Waals surface area contributed by atoms with Crippen molar-refractivity contribution >= 4 is 28.8 Å². The number of carbonyl (C=O) groups is 2. The highest BCUT2D eigenvalue weighted by Gasteiger charge is 2.16. The lowest BCUT2D eigenvalue weighted by Gasteiger charge is -2.11. The summed E-state index contributed by atoms with van der Waals surface area (Å²) < 4.78 is 1.99. The monoisotopic (exact) mass is 410 g/mol. The van der Waals surface area contributed by atoms with Crippen LogP contribution in [-0.2, 0) is 18.4 Å². The molecule has 6 nitrogen and oxygen atoms in total. The van der Waals surface area contributed by atoms with Gasteiger partial charge in [0.15, 0.2) is 0 Å². The zero-order chi connectivity index (χ0) is 21.6. The fraction of sp³-hybridized carbons (Fsp3) is 0.0800. The number of hydrogen-bond acceptors (Lipinski definition) is 3. The van der Waals surface area contributed by atoms with Gasteiger partial charge in [0.25, 0.3) is 11.8 Å². The largest absolute Gasteiger partial charge is 0.350 e. The first kappa shape index (κ1) is 20.1. The standard InChI is InChI=1S/C25H22N4O2/c1-29-17-19(21-12-5-6-13-23(21)29)15-22(28-24(30)18-9-3-2-4-10-18)25(31)27-16-20-11-7-8-14-26-20/h2-15,17H,16H2,1H3,(H,27,31)(H,28,30). The zero-order valence-electron chi connectivity index (χ0n) is 17.1. The van der Waals surface area contributed by atoms with Crippen molar-refractivity contribution < 1.29 is 9.59 Å². The maximum absolute atomic E-state index is 13.0. The summed E-state index contributed by atoms with van der Waals surface area (Å²) in [7, 11) is 1.95. The molecule has 0 spiro atoms. The summed E-state index contributed by atoms with van der Waals surface area (Å²) in [5, 5.41) is 6.61. The molecular formula is C25H22N4O2. The number of aryl methyl sites for hydroxylation is 1. The molecule has 0 aliphatic heterocycles. The van der Waals surface area contributed by atoms with Gasteiger partial charge in [0.05, 0.1) is 12.2 Å². The van der Waals surface area contributed by atoms with Gasteiger partial charge in [0.1, 0.15) is 5.70 Å². The second-order valence-electron chi connectivity index (χ2n) is 7.09. The van der Waals surface area contributed by atoms with Gasteiger partial charge < -0.3 is 15.2 Å². The number of nitrogens with zero attached hydrogens (tertiary/aromatic N) is 2. The van der Waals surface area contributed by atoms with Crippen LogP contribution in [0.3, 0.4) is 0 Å². The molecule has 2 aromatic heterocycles. The summed E-state index contributed by atoms with van der Waals surface area (Å²) in [5.41, 5.74) is 3.26. The van der Waals surface area contributed by atoms with Crippen LogP contribution in [-0.4, -0.2) is 21.4 Å². The Labute approximate surface area is 180 Å². The van der Waals surface area contributed by atoms with E-state index in [4.69, 9.17) is 0 Å². The van der Waals surface area contributed by atoms with Gasteiger partial charge in [0.2, 0.25) is 0 Å². The van der Waals surface area contributed by atoms with Crippen LogP contribution in [0.2, 0.25) is 0 Å². The normalized spacial score (nSPS) is 11.3. The highest BCUT2D eigenvalue weighted by Crippen LogP contribution is 2.22. The van der Waals surface area contributed by atoms with E-state index in [0.717, 1.165) is 22.2 Å². The molecule has 4 rings (SSSR count). The first-order valence-electron chi connectivity index (χ1n) is 9.92. The van der Waals surface area contributed by atoms with E-state index < -0.39 is 0 Å². The lowest BCUT2D eigenvalue weighted by atomic mass is 10.1. The Kier molecular flexibility index (Phi) is 5.89. The summed E-state index contributed by atoms with van der Waals surface area (Å²) in [6.07, 6.45) is 5.31. The number of hydrogen-bond donors (Lipinski definition) is 2. The van der Waals surface area contributed by atoms with Gasteiger partial charge in [-0.2, -0.15) is 0 Å². The molecule has 2 aromatic carbocycles. The van der Waals surface area contributed by atoms with Gasteiger partial charge in [-0.25, -0.2) is 0 Å². The minimum absolute atomic E-state index is 0.168. The maximum atomic E-state index is 13.0. The summed E-state index contributed by atoms with van der Waals surface area (Å²) in [5.74, 6) is -0.733. The average molecular weight is 410 g/mol. The topological polar surface area (TPSA) is 76.0 Å². The van der Waals surface area contributed by atoms with Gasteiger partial charge >= 0.3 is 0 Å². The SMILES string of the molecule is Cn1cc(C=C(NC(=O)c2ccccc2)C(=O)NCc2ccccn2)c2ccccc21.